The van der Waals surface area contributed by atoms with Gasteiger partial charge in [-0.3, -0.25) is 4.99 Å². The number of benzene rings is 7. The van der Waals surface area contributed by atoms with E-state index in [0.717, 1.165) is 82.0 Å². The van der Waals surface area contributed by atoms with Gasteiger partial charge in [0.25, 0.3) is 0 Å². The highest BCUT2D eigenvalue weighted by molar-refractivity contribution is 8.59. The van der Waals surface area contributed by atoms with E-state index in [1.807, 2.05) is 12.1 Å². The van der Waals surface area contributed by atoms with E-state index in [-0.39, 0.29) is 17.7 Å². The van der Waals surface area contributed by atoms with E-state index in [1.54, 1.807) is 0 Å². The van der Waals surface area contributed by atoms with Crippen LogP contribution in [-0.4, -0.2) is 16.1 Å². The minimum absolute atomic E-state index is 0.0845. The van der Waals surface area contributed by atoms with Gasteiger partial charge in [0.2, 0.25) is 0 Å². The van der Waals surface area contributed by atoms with E-state index in [9.17, 15) is 5.11 Å². The van der Waals surface area contributed by atoms with Crippen LogP contribution in [-0.2, 0) is 6.42 Å². The highest BCUT2D eigenvalue weighted by atomic mass is 32.7. The second-order valence-corrected chi connectivity index (χ2v) is 22.8. The van der Waals surface area contributed by atoms with Gasteiger partial charge in [0.1, 0.15) is 16.4 Å². The first-order valence-electron chi connectivity index (χ1n) is 23.1. The molecule has 13 rings (SSSR count). The number of nitrogens with zero attached hydrogens (tertiary/aromatic N) is 2. The summed E-state index contributed by atoms with van der Waals surface area (Å²) in [7, 11) is 0. The Morgan fingerprint density at radius 2 is 1.28 bits per heavy atom. The monoisotopic (exact) mass is 873 g/mol. The number of fused-ring (bicyclic) bond motifs is 11. The van der Waals surface area contributed by atoms with Crippen molar-refractivity contribution in [2.75, 3.05) is 0 Å². The summed E-state index contributed by atoms with van der Waals surface area (Å²) in [5.74, 6) is 0.448. The second kappa shape index (κ2) is 15.3. The van der Waals surface area contributed by atoms with E-state index in [4.69, 9.17) is 22.2 Å². The molecule has 3 nitrogen and oxygen atoms in total. The van der Waals surface area contributed by atoms with Crippen LogP contribution in [0.4, 0.5) is 0 Å². The molecule has 5 heteroatoms. The van der Waals surface area contributed by atoms with Crippen LogP contribution in [0.2, 0.25) is 0 Å². The Hall–Kier alpha value is -6.58. The summed E-state index contributed by atoms with van der Waals surface area (Å²) in [5.41, 5.74) is 12.7. The molecule has 1 N–H and O–H groups in total. The zero-order valence-corrected chi connectivity index (χ0v) is 37.7. The van der Waals surface area contributed by atoms with Crippen LogP contribution in [0, 0.1) is 5.92 Å². The van der Waals surface area contributed by atoms with Gasteiger partial charge < -0.3 is 5.11 Å². The summed E-state index contributed by atoms with van der Waals surface area (Å²) >= 11 is 5.85. The van der Waals surface area contributed by atoms with Crippen LogP contribution < -0.4 is 21.2 Å². The molecule has 7 aromatic carbocycles. The maximum Gasteiger partial charge on any atom is 0.163 e. The molecule has 4 aliphatic carbocycles. The van der Waals surface area contributed by atoms with E-state index >= 15 is 0 Å². The van der Waals surface area contributed by atoms with Gasteiger partial charge in [-0.25, -0.2) is 4.98 Å². The van der Waals surface area contributed by atoms with Crippen LogP contribution in [0.3, 0.4) is 0 Å². The lowest BCUT2D eigenvalue weighted by Crippen LogP contribution is -2.43. The number of allylic oxidation sites excluding steroid dienone is 8. The third-order valence-corrected chi connectivity index (χ3v) is 20.1. The van der Waals surface area contributed by atoms with Crippen molar-refractivity contribution in [3.05, 3.63) is 220 Å². The fourth-order valence-electron chi connectivity index (χ4n) is 11.5. The van der Waals surface area contributed by atoms with Crippen LogP contribution in [0.15, 0.2) is 203 Å². The van der Waals surface area contributed by atoms with Crippen molar-refractivity contribution in [1.29, 1.82) is 0 Å². The van der Waals surface area contributed by atoms with Crippen LogP contribution >= 0.6 is 18.7 Å². The van der Waals surface area contributed by atoms with E-state index in [0.29, 0.717) is 0 Å². The Morgan fingerprint density at radius 3 is 1.98 bits per heavy atom. The predicted octanol–water partition coefficient (Wildman–Crippen LogP) is 13.1. The van der Waals surface area contributed by atoms with Crippen molar-refractivity contribution < 1.29 is 5.11 Å². The molecule has 0 saturated carbocycles. The van der Waals surface area contributed by atoms with Gasteiger partial charge in [-0.1, -0.05) is 140 Å². The number of phenolic OH excluding ortho intramolecular Hbond substituents is 1. The summed E-state index contributed by atoms with van der Waals surface area (Å²) in [6, 6.07) is 47.9. The van der Waals surface area contributed by atoms with Crippen molar-refractivity contribution in [2.24, 2.45) is 10.9 Å². The van der Waals surface area contributed by atoms with Gasteiger partial charge in [0.15, 0.2) is 6.46 Å². The number of hydrogen-bond acceptors (Lipinski definition) is 4. The molecule has 0 spiro atoms. The largest absolute Gasteiger partial charge is 0.508 e. The lowest BCUT2D eigenvalue weighted by atomic mass is 9.73. The smallest absolute Gasteiger partial charge is 0.163 e. The van der Waals surface area contributed by atoms with Crippen molar-refractivity contribution >= 4 is 84.3 Å². The quantitative estimate of drug-likeness (QED) is 0.0783. The van der Waals surface area contributed by atoms with E-state index in [1.165, 1.54) is 70.9 Å². The first-order valence-corrected chi connectivity index (χ1v) is 26.0. The zero-order chi connectivity index (χ0) is 43.2. The molecule has 2 heterocycles. The Balaban J connectivity index is 0.960. The highest BCUT2D eigenvalue weighted by Crippen LogP contribution is 2.70. The first kappa shape index (κ1) is 38.8. The van der Waals surface area contributed by atoms with E-state index in [2.05, 4.69) is 170 Å². The number of aromatic hydroxyl groups is 1. The van der Waals surface area contributed by atoms with Crippen LogP contribution in [0.5, 0.6) is 5.75 Å². The molecule has 3 unspecified atom stereocenters. The lowest BCUT2D eigenvalue weighted by Gasteiger charge is -2.36. The Morgan fingerprint density at radius 1 is 0.600 bits per heavy atom. The Kier molecular flexibility index (Phi) is 9.12. The topological polar surface area (TPSA) is 45.5 Å². The molecule has 0 fully saturated rings. The van der Waals surface area contributed by atoms with Gasteiger partial charge in [-0.05, 0) is 119 Å². The molecule has 0 amide bonds. The van der Waals surface area contributed by atoms with Gasteiger partial charge >= 0.3 is 0 Å². The number of rotatable bonds is 5. The SMILES string of the molecule is Oc1ccc([P+](S)(C2=CC=C(C3=c4ccc5c(c4=NC4C6=C(C=CC34)CCC=C6)C=CCC5)CC2)c2ccc(-c3c4ccc5ccccc5c4nc4c3ccc3ccccc34)cc2)cc1. The average Bonchev–Trinajstić information content (AvgIpc) is 3.37. The number of aryl methyl sites for hydroxylation is 1. The Labute approximate surface area is 384 Å². The van der Waals surface area contributed by atoms with Crippen molar-refractivity contribution in [1.82, 2.24) is 4.98 Å². The fourth-order valence-corrected chi connectivity index (χ4v) is 15.6. The molecular weight excluding hydrogens is 828 g/mol. The maximum atomic E-state index is 10.5. The summed E-state index contributed by atoms with van der Waals surface area (Å²) < 4.78 is 0. The summed E-state index contributed by atoms with van der Waals surface area (Å²) in [5, 5.41) is 23.6. The molecule has 8 aromatic rings. The number of aromatic nitrogens is 1. The zero-order valence-electron chi connectivity index (χ0n) is 36.0. The predicted molar refractivity (Wildman–Crippen MR) is 278 cm³/mol. The fraction of sp³-hybridized carbons (Fsp3) is 0.133. The number of thiol groups is 1. The molecule has 1 aromatic heterocycles. The van der Waals surface area contributed by atoms with Crippen LogP contribution in [0.25, 0.3) is 66.1 Å². The third kappa shape index (κ3) is 6.14. The van der Waals surface area contributed by atoms with Crippen molar-refractivity contribution in [3.63, 3.8) is 0 Å². The maximum absolute atomic E-state index is 10.5. The molecule has 312 valence electrons. The molecule has 5 aliphatic rings. The summed E-state index contributed by atoms with van der Waals surface area (Å²) in [6.45, 7) is -2.42. The average molecular weight is 874 g/mol. The first-order chi connectivity index (χ1) is 32.0. The molecular formula is C60H46N2OPS+. The number of hydrogen-bond donors (Lipinski definition) is 2. The summed E-state index contributed by atoms with van der Waals surface area (Å²) in [4.78, 5) is 11.1. The summed E-state index contributed by atoms with van der Waals surface area (Å²) in [6.07, 6.45) is 25.1. The van der Waals surface area contributed by atoms with Gasteiger partial charge in [-0.15, -0.1) is 0 Å². The molecule has 3 atom stereocenters. The standard InChI is InChI=1S/C60H45N2OPS/c63-43-25-31-46(32-26-43)64(65,44-27-17-41(18-28-44)55-51-33-21-37-9-1-5-13-47(37)57(51)61-58-48-14-6-2-10-38(48)22-34-52(55)58)45-29-19-42(20-30-45)56-53-35-23-39-11-3-7-15-49(39)59(53)62-60-50-16-8-4-12-40(50)24-36-54(56)60/h1-2,5-10,13-19,21-29,31-36,53,59,65H,3-4,11-12,20,30H2/p+1. The minimum Gasteiger partial charge on any atom is -0.508 e. The second-order valence-electron chi connectivity index (χ2n) is 18.2. The lowest BCUT2D eigenvalue weighted by molar-refractivity contribution is 0.475. The molecule has 65 heavy (non-hydrogen) atoms. The molecule has 0 radical (unpaired) electrons. The molecule has 0 saturated heterocycles. The minimum atomic E-state index is -2.42. The van der Waals surface area contributed by atoms with Gasteiger partial charge in [-0.2, -0.15) is 0 Å². The van der Waals surface area contributed by atoms with Gasteiger partial charge in [0.05, 0.1) is 27.7 Å². The van der Waals surface area contributed by atoms with Crippen molar-refractivity contribution in [2.45, 2.75) is 44.6 Å². The number of pyridine rings is 1. The third-order valence-electron chi connectivity index (χ3n) is 14.7. The van der Waals surface area contributed by atoms with Crippen molar-refractivity contribution in [3.8, 4) is 16.9 Å². The normalized spacial score (nSPS) is 19.6. The van der Waals surface area contributed by atoms with Crippen LogP contribution in [0.1, 0.15) is 43.2 Å². The molecule has 1 aliphatic heterocycles. The van der Waals surface area contributed by atoms with E-state index < -0.39 is 6.46 Å². The van der Waals surface area contributed by atoms with Gasteiger partial charge in [0, 0.05) is 62.5 Å². The molecule has 0 bridgehead atoms. The highest BCUT2D eigenvalue weighted by Gasteiger charge is 2.45. The Bertz CT molecular complexity index is 3590. The number of phenols is 1.